The first kappa shape index (κ1) is 25.6. The summed E-state index contributed by atoms with van der Waals surface area (Å²) in [5.74, 6) is 0. The van der Waals surface area contributed by atoms with Crippen LogP contribution < -0.4 is 20.7 Å². The largest absolute Gasteiger partial charge is 0.0782 e. The highest BCUT2D eigenvalue weighted by Crippen LogP contribution is 2.28. The summed E-state index contributed by atoms with van der Waals surface area (Å²) in [6.07, 6.45) is 0. The Balaban J connectivity index is 2.10. The van der Waals surface area contributed by atoms with Crippen LogP contribution in [0, 0.1) is 0 Å². The van der Waals surface area contributed by atoms with Crippen LogP contribution in [0.3, 0.4) is 0 Å². The maximum absolute atomic E-state index is 2.57. The van der Waals surface area contributed by atoms with Crippen molar-refractivity contribution < 1.29 is 0 Å². The highest BCUT2D eigenvalue weighted by molar-refractivity contribution is 7.00. The van der Waals surface area contributed by atoms with E-state index in [-0.39, 0.29) is 0 Å². The summed E-state index contributed by atoms with van der Waals surface area (Å²) >= 11 is 0. The van der Waals surface area contributed by atoms with Crippen LogP contribution in [0.1, 0.15) is 0 Å². The third-order valence-corrected chi connectivity index (χ3v) is 15.9. The first-order valence-corrected chi connectivity index (χ1v) is 26.9. The van der Waals surface area contributed by atoms with Crippen LogP contribution in [0.15, 0.2) is 48.5 Å². The molecule has 0 heterocycles. The third kappa shape index (κ3) is 4.67. The summed E-state index contributed by atoms with van der Waals surface area (Å²) < 4.78 is 0. The summed E-state index contributed by atoms with van der Waals surface area (Å²) in [5, 5.41) is 15.2. The van der Waals surface area contributed by atoms with Crippen molar-refractivity contribution in [2.24, 2.45) is 0 Å². The van der Waals surface area contributed by atoms with Crippen LogP contribution in [0.4, 0.5) is 0 Å². The van der Waals surface area contributed by atoms with E-state index >= 15 is 0 Å². The van der Waals surface area contributed by atoms with Gasteiger partial charge in [-0.25, -0.2) is 0 Å². The maximum Gasteiger partial charge on any atom is 0.0782 e. The number of hydrogen-bond acceptors (Lipinski definition) is 0. The molecule has 180 valence electrons. The predicted molar refractivity (Wildman–Crippen MR) is 171 cm³/mol. The van der Waals surface area contributed by atoms with Gasteiger partial charge in [0.05, 0.1) is 32.3 Å². The fraction of sp³-hybridized carbons (Fsp3) is 0.400. The van der Waals surface area contributed by atoms with Gasteiger partial charge in [0.2, 0.25) is 0 Å². The van der Waals surface area contributed by atoms with E-state index in [1.165, 1.54) is 32.3 Å². The Morgan fingerprint density at radius 1 is 0.353 bits per heavy atom. The second-order valence-electron chi connectivity index (χ2n) is 14.5. The minimum absolute atomic E-state index is 1.38. The zero-order valence-corrected chi connectivity index (χ0v) is 27.6. The Hall–Kier alpha value is -1.47. The summed E-state index contributed by atoms with van der Waals surface area (Å²) in [6.45, 7) is 30.1. The first-order chi connectivity index (χ1) is 15.4. The highest BCUT2D eigenvalue weighted by atomic mass is 28.3. The van der Waals surface area contributed by atoms with Crippen LogP contribution in [0.5, 0.6) is 0 Å². The van der Waals surface area contributed by atoms with Crippen molar-refractivity contribution in [3.8, 4) is 0 Å². The van der Waals surface area contributed by atoms with Crippen molar-refractivity contribution in [3.63, 3.8) is 0 Å². The predicted octanol–water partition coefficient (Wildman–Crippen LogP) is 7.33. The van der Waals surface area contributed by atoms with E-state index in [1.807, 2.05) is 0 Å². The molecule has 0 aromatic heterocycles. The maximum atomic E-state index is 2.57. The average molecular weight is 517 g/mol. The molecule has 0 spiro atoms. The fourth-order valence-electron chi connectivity index (χ4n) is 5.55. The summed E-state index contributed by atoms with van der Waals surface area (Å²) in [6, 6.07) is 19.9. The molecule has 4 aromatic carbocycles. The van der Waals surface area contributed by atoms with Crippen molar-refractivity contribution in [1.82, 2.24) is 0 Å². The lowest BCUT2D eigenvalue weighted by Gasteiger charge is -2.30. The molecular weight excluding hydrogens is 473 g/mol. The standard InChI is InChI=1S/C30H44Si4/c1-31(2,3)27-14-13-21-15-22-16-24-19-28(32(4,5)6)29(33(7,8)9)20-25(24)17-23(22)18-26(21)30(27)34(10,11)12/h13-20H,1-12H3. The van der Waals surface area contributed by atoms with Gasteiger partial charge < -0.3 is 0 Å². The summed E-state index contributed by atoms with van der Waals surface area (Å²) in [7, 11) is -5.80. The molecule has 0 radical (unpaired) electrons. The van der Waals surface area contributed by atoms with E-state index in [1.54, 1.807) is 20.7 Å². The van der Waals surface area contributed by atoms with Crippen LogP contribution >= 0.6 is 0 Å². The van der Waals surface area contributed by atoms with Gasteiger partial charge in [-0.05, 0) is 56.6 Å². The zero-order valence-electron chi connectivity index (χ0n) is 23.6. The molecule has 0 atom stereocenters. The Labute approximate surface area is 211 Å². The van der Waals surface area contributed by atoms with E-state index in [9.17, 15) is 0 Å². The minimum Gasteiger partial charge on any atom is -0.0656 e. The third-order valence-electron chi connectivity index (χ3n) is 7.24. The Morgan fingerprint density at radius 2 is 0.735 bits per heavy atom. The Bertz CT molecular complexity index is 1400. The Kier molecular flexibility index (Phi) is 6.04. The molecule has 0 aliphatic carbocycles. The molecule has 0 saturated carbocycles. The summed E-state index contributed by atoms with van der Waals surface area (Å²) in [5.41, 5.74) is 0. The number of hydrogen-bond donors (Lipinski definition) is 0. The monoisotopic (exact) mass is 516 g/mol. The van der Waals surface area contributed by atoms with Gasteiger partial charge in [0, 0.05) is 0 Å². The molecule has 0 N–H and O–H groups in total. The van der Waals surface area contributed by atoms with Gasteiger partial charge >= 0.3 is 0 Å². The van der Waals surface area contributed by atoms with Crippen LogP contribution in [0.25, 0.3) is 32.3 Å². The van der Waals surface area contributed by atoms with Gasteiger partial charge in [0.15, 0.2) is 0 Å². The molecule has 0 aliphatic heterocycles. The van der Waals surface area contributed by atoms with E-state index in [4.69, 9.17) is 0 Å². The molecule has 0 bridgehead atoms. The van der Waals surface area contributed by atoms with Gasteiger partial charge in [0.25, 0.3) is 0 Å². The SMILES string of the molecule is C[Si](C)(C)c1cc2cc3cc4ccc([Si](C)(C)C)c([Si](C)(C)C)c4cc3cc2cc1[Si](C)(C)C. The number of rotatable bonds is 4. The molecule has 0 unspecified atom stereocenters. The van der Waals surface area contributed by atoms with Crippen molar-refractivity contribution in [2.45, 2.75) is 78.6 Å². The van der Waals surface area contributed by atoms with Crippen molar-refractivity contribution >= 4 is 85.4 Å². The molecule has 0 fully saturated rings. The molecule has 4 aromatic rings. The first-order valence-electron chi connectivity index (χ1n) is 12.9. The van der Waals surface area contributed by atoms with Gasteiger partial charge in [-0.3, -0.25) is 0 Å². The van der Waals surface area contributed by atoms with E-state index in [0.717, 1.165) is 0 Å². The average Bonchev–Trinajstić information content (AvgIpc) is 2.65. The number of benzene rings is 4. The fourth-order valence-corrected chi connectivity index (χ4v) is 16.4. The van der Waals surface area contributed by atoms with E-state index in [0.29, 0.717) is 0 Å². The van der Waals surface area contributed by atoms with Crippen molar-refractivity contribution in [3.05, 3.63) is 48.5 Å². The van der Waals surface area contributed by atoms with Crippen molar-refractivity contribution in [1.29, 1.82) is 0 Å². The smallest absolute Gasteiger partial charge is 0.0656 e. The molecule has 0 nitrogen and oxygen atoms in total. The summed E-state index contributed by atoms with van der Waals surface area (Å²) in [4.78, 5) is 0. The van der Waals surface area contributed by atoms with Crippen LogP contribution in [-0.2, 0) is 0 Å². The molecule has 4 heteroatoms. The lowest BCUT2D eigenvalue weighted by Crippen LogP contribution is -2.56. The van der Waals surface area contributed by atoms with Gasteiger partial charge in [-0.2, -0.15) is 0 Å². The second-order valence-corrected chi connectivity index (χ2v) is 34.6. The molecular formula is C30H44Si4. The number of fused-ring (bicyclic) bond motifs is 3. The van der Waals surface area contributed by atoms with Crippen molar-refractivity contribution in [2.75, 3.05) is 0 Å². The zero-order chi connectivity index (χ0) is 25.4. The van der Waals surface area contributed by atoms with E-state index in [2.05, 4.69) is 127 Å². The van der Waals surface area contributed by atoms with Crippen LogP contribution in [-0.4, -0.2) is 32.3 Å². The quantitative estimate of drug-likeness (QED) is 0.197. The topological polar surface area (TPSA) is 0 Å². The lowest BCUT2D eigenvalue weighted by atomic mass is 9.99. The Morgan fingerprint density at radius 3 is 1.15 bits per heavy atom. The minimum atomic E-state index is -1.51. The van der Waals surface area contributed by atoms with Crippen LogP contribution in [0.2, 0.25) is 78.6 Å². The molecule has 0 amide bonds. The molecule has 0 saturated heterocycles. The second kappa shape index (κ2) is 8.02. The van der Waals surface area contributed by atoms with Gasteiger partial charge in [-0.15, -0.1) is 0 Å². The molecule has 4 rings (SSSR count). The van der Waals surface area contributed by atoms with Gasteiger partial charge in [0.1, 0.15) is 0 Å². The van der Waals surface area contributed by atoms with Gasteiger partial charge in [-0.1, -0.05) is 124 Å². The highest BCUT2D eigenvalue weighted by Gasteiger charge is 2.30. The van der Waals surface area contributed by atoms with E-state index < -0.39 is 32.3 Å². The molecule has 34 heavy (non-hydrogen) atoms. The lowest BCUT2D eigenvalue weighted by molar-refractivity contribution is 1.69. The normalized spacial score (nSPS) is 13.9. The molecule has 0 aliphatic rings.